The zero-order valence-corrected chi connectivity index (χ0v) is 13.2. The molecule has 0 aliphatic carbocycles. The highest BCUT2D eigenvalue weighted by Crippen LogP contribution is 2.24. The lowest BCUT2D eigenvalue weighted by atomic mass is 10.1. The molecule has 0 unspecified atom stereocenters. The molecule has 2 nitrogen and oxygen atoms in total. The second-order valence-corrected chi connectivity index (χ2v) is 6.71. The van der Waals surface area contributed by atoms with Crippen LogP contribution in [0.25, 0.3) is 0 Å². The topological polar surface area (TPSA) is 21.3 Å². The zero-order chi connectivity index (χ0) is 13.6. The first-order valence-corrected chi connectivity index (χ1v) is 7.73. The van der Waals surface area contributed by atoms with Crippen molar-refractivity contribution in [1.29, 1.82) is 0 Å². The van der Waals surface area contributed by atoms with Gasteiger partial charge in [0.05, 0.1) is 12.2 Å². The molecule has 0 amide bonds. The maximum atomic E-state index is 5.97. The lowest BCUT2D eigenvalue weighted by molar-refractivity contribution is -0.0316. The van der Waals surface area contributed by atoms with Crippen LogP contribution >= 0.6 is 11.3 Å². The standard InChI is InChI=1S/C15H27NOS/c1-6-8-16-10-14-9-13(12(3)18-14)11-17-15(4,5)7-2/h9,16H,6-8,10-11H2,1-5H3. The third-order valence-corrected chi connectivity index (χ3v) is 4.36. The van der Waals surface area contributed by atoms with Gasteiger partial charge < -0.3 is 10.1 Å². The summed E-state index contributed by atoms with van der Waals surface area (Å²) in [6, 6.07) is 2.29. The van der Waals surface area contributed by atoms with Gasteiger partial charge in [-0.1, -0.05) is 13.8 Å². The fourth-order valence-electron chi connectivity index (χ4n) is 1.58. The maximum Gasteiger partial charge on any atom is 0.0734 e. The van der Waals surface area contributed by atoms with Gasteiger partial charge in [-0.2, -0.15) is 0 Å². The number of ether oxygens (including phenoxy) is 1. The molecule has 1 N–H and O–H groups in total. The Morgan fingerprint density at radius 2 is 2.06 bits per heavy atom. The normalized spacial score (nSPS) is 12.1. The molecule has 104 valence electrons. The minimum absolute atomic E-state index is 0.0188. The summed E-state index contributed by atoms with van der Waals surface area (Å²) in [7, 11) is 0. The monoisotopic (exact) mass is 269 g/mol. The van der Waals surface area contributed by atoms with Crippen LogP contribution < -0.4 is 5.32 Å². The smallest absolute Gasteiger partial charge is 0.0734 e. The van der Waals surface area contributed by atoms with E-state index in [4.69, 9.17) is 4.74 Å². The predicted molar refractivity (Wildman–Crippen MR) is 80.2 cm³/mol. The first-order chi connectivity index (χ1) is 8.48. The molecule has 0 atom stereocenters. The van der Waals surface area contributed by atoms with Gasteiger partial charge in [-0.05, 0) is 51.8 Å². The van der Waals surface area contributed by atoms with Gasteiger partial charge >= 0.3 is 0 Å². The van der Waals surface area contributed by atoms with Crippen LogP contribution in [0.4, 0.5) is 0 Å². The number of thiophene rings is 1. The van der Waals surface area contributed by atoms with Crippen LogP contribution in [0.1, 0.15) is 55.9 Å². The Labute approximate surface area is 116 Å². The van der Waals surface area contributed by atoms with Gasteiger partial charge in [0, 0.05) is 16.3 Å². The summed E-state index contributed by atoms with van der Waals surface area (Å²) < 4.78 is 5.97. The number of aryl methyl sites for hydroxylation is 1. The van der Waals surface area contributed by atoms with Gasteiger partial charge in [-0.25, -0.2) is 0 Å². The Morgan fingerprint density at radius 1 is 1.33 bits per heavy atom. The molecule has 0 radical (unpaired) electrons. The van der Waals surface area contributed by atoms with Crippen molar-refractivity contribution in [3.05, 3.63) is 21.4 Å². The summed E-state index contributed by atoms with van der Waals surface area (Å²) >= 11 is 1.88. The van der Waals surface area contributed by atoms with E-state index < -0.39 is 0 Å². The highest BCUT2D eigenvalue weighted by molar-refractivity contribution is 7.12. The van der Waals surface area contributed by atoms with Gasteiger partial charge in [0.2, 0.25) is 0 Å². The van der Waals surface area contributed by atoms with E-state index in [0.717, 1.165) is 26.1 Å². The molecule has 3 heteroatoms. The van der Waals surface area contributed by atoms with E-state index in [-0.39, 0.29) is 5.60 Å². The summed E-state index contributed by atoms with van der Waals surface area (Å²) in [5, 5.41) is 3.45. The minimum atomic E-state index is -0.0188. The first-order valence-electron chi connectivity index (χ1n) is 6.91. The van der Waals surface area contributed by atoms with Gasteiger partial charge in [0.25, 0.3) is 0 Å². The largest absolute Gasteiger partial charge is 0.371 e. The molecule has 0 fully saturated rings. The Bertz CT molecular complexity index is 357. The molecule has 1 heterocycles. The van der Waals surface area contributed by atoms with E-state index in [1.165, 1.54) is 21.7 Å². The van der Waals surface area contributed by atoms with Crippen LogP contribution in [0.5, 0.6) is 0 Å². The van der Waals surface area contributed by atoms with Crippen molar-refractivity contribution in [3.63, 3.8) is 0 Å². The van der Waals surface area contributed by atoms with Crippen molar-refractivity contribution in [2.75, 3.05) is 6.54 Å². The van der Waals surface area contributed by atoms with Crippen LogP contribution in [0.3, 0.4) is 0 Å². The molecule has 18 heavy (non-hydrogen) atoms. The molecule has 1 aromatic rings. The van der Waals surface area contributed by atoms with Crippen molar-refractivity contribution in [3.8, 4) is 0 Å². The number of hydrogen-bond donors (Lipinski definition) is 1. The molecule has 1 aromatic heterocycles. The summed E-state index contributed by atoms with van der Waals surface area (Å²) in [6.45, 7) is 13.7. The van der Waals surface area contributed by atoms with Crippen LogP contribution in [0.15, 0.2) is 6.07 Å². The average Bonchev–Trinajstić information content (AvgIpc) is 2.68. The summed E-state index contributed by atoms with van der Waals surface area (Å²) in [5.41, 5.74) is 1.32. The second kappa shape index (κ2) is 7.27. The molecule has 0 saturated carbocycles. The van der Waals surface area contributed by atoms with E-state index in [1.54, 1.807) is 0 Å². The summed E-state index contributed by atoms with van der Waals surface area (Å²) in [6.07, 6.45) is 2.23. The molecule has 0 bridgehead atoms. The van der Waals surface area contributed by atoms with Crippen molar-refractivity contribution in [1.82, 2.24) is 5.32 Å². The lowest BCUT2D eigenvalue weighted by Crippen LogP contribution is -2.22. The Hall–Kier alpha value is -0.380. The van der Waals surface area contributed by atoms with Gasteiger partial charge in [-0.3, -0.25) is 0 Å². The molecular formula is C15H27NOS. The second-order valence-electron chi connectivity index (χ2n) is 5.37. The summed E-state index contributed by atoms with van der Waals surface area (Å²) in [4.78, 5) is 2.80. The fourth-order valence-corrected chi connectivity index (χ4v) is 2.60. The highest BCUT2D eigenvalue weighted by atomic mass is 32.1. The maximum absolute atomic E-state index is 5.97. The Balaban J connectivity index is 2.51. The quantitative estimate of drug-likeness (QED) is 0.712. The lowest BCUT2D eigenvalue weighted by Gasteiger charge is -2.23. The van der Waals surface area contributed by atoms with Crippen molar-refractivity contribution >= 4 is 11.3 Å². The first kappa shape index (κ1) is 15.7. The SMILES string of the molecule is CCCNCc1cc(COC(C)(C)CC)c(C)s1. The van der Waals surface area contributed by atoms with Gasteiger partial charge in [0.15, 0.2) is 0 Å². The minimum Gasteiger partial charge on any atom is -0.371 e. The molecule has 0 aliphatic rings. The van der Waals surface area contributed by atoms with Gasteiger partial charge in [-0.15, -0.1) is 11.3 Å². The van der Waals surface area contributed by atoms with Crippen molar-refractivity contribution < 1.29 is 4.74 Å². The predicted octanol–water partition coefficient (Wildman–Crippen LogP) is 4.26. The average molecular weight is 269 g/mol. The highest BCUT2D eigenvalue weighted by Gasteiger charge is 2.16. The van der Waals surface area contributed by atoms with E-state index in [2.05, 4.69) is 46.0 Å². The molecule has 1 rings (SSSR count). The van der Waals surface area contributed by atoms with Crippen LogP contribution in [-0.2, 0) is 17.9 Å². The third-order valence-electron chi connectivity index (χ3n) is 3.27. The summed E-state index contributed by atoms with van der Waals surface area (Å²) in [5.74, 6) is 0. The van der Waals surface area contributed by atoms with E-state index in [9.17, 15) is 0 Å². The number of rotatable bonds is 8. The van der Waals surface area contributed by atoms with Crippen molar-refractivity contribution in [2.24, 2.45) is 0 Å². The van der Waals surface area contributed by atoms with E-state index >= 15 is 0 Å². The fraction of sp³-hybridized carbons (Fsp3) is 0.733. The number of nitrogens with one attached hydrogen (secondary N) is 1. The third kappa shape index (κ3) is 5.09. The van der Waals surface area contributed by atoms with Crippen molar-refractivity contribution in [2.45, 2.75) is 66.2 Å². The molecular weight excluding hydrogens is 242 g/mol. The van der Waals surface area contributed by atoms with E-state index in [1.807, 2.05) is 11.3 Å². The molecule has 0 saturated heterocycles. The Morgan fingerprint density at radius 3 is 2.67 bits per heavy atom. The van der Waals surface area contributed by atoms with E-state index in [0.29, 0.717) is 0 Å². The van der Waals surface area contributed by atoms with Crippen LogP contribution in [-0.4, -0.2) is 12.1 Å². The van der Waals surface area contributed by atoms with Crippen LogP contribution in [0.2, 0.25) is 0 Å². The molecule has 0 spiro atoms. The Kier molecular flexibility index (Phi) is 6.33. The van der Waals surface area contributed by atoms with Crippen LogP contribution in [0, 0.1) is 6.92 Å². The molecule has 0 aromatic carbocycles. The zero-order valence-electron chi connectivity index (χ0n) is 12.4. The number of hydrogen-bond acceptors (Lipinski definition) is 3. The van der Waals surface area contributed by atoms with Gasteiger partial charge in [0.1, 0.15) is 0 Å². The molecule has 0 aliphatic heterocycles.